The van der Waals surface area contributed by atoms with Gasteiger partial charge in [-0.2, -0.15) is 22.0 Å². The third-order valence-corrected chi connectivity index (χ3v) is 3.27. The van der Waals surface area contributed by atoms with Crippen LogP contribution >= 0.6 is 0 Å². The number of aromatic nitrogens is 1. The molecule has 0 saturated carbocycles. The van der Waals surface area contributed by atoms with Crippen molar-refractivity contribution in [1.29, 1.82) is 0 Å². The third-order valence-electron chi connectivity index (χ3n) is 3.27. The summed E-state index contributed by atoms with van der Waals surface area (Å²) in [5.41, 5.74) is -0.907. The summed E-state index contributed by atoms with van der Waals surface area (Å²) in [7, 11) is 0. The Morgan fingerprint density at radius 3 is 2.40 bits per heavy atom. The first kappa shape index (κ1) is 18.6. The van der Waals surface area contributed by atoms with E-state index < -0.39 is 30.4 Å². The van der Waals surface area contributed by atoms with Crippen molar-refractivity contribution in [2.75, 3.05) is 0 Å². The molecule has 25 heavy (non-hydrogen) atoms. The lowest BCUT2D eigenvalue weighted by molar-refractivity contribution is -0.141. The van der Waals surface area contributed by atoms with Crippen LogP contribution in [0.4, 0.5) is 22.0 Å². The summed E-state index contributed by atoms with van der Waals surface area (Å²) >= 11 is 0. The van der Waals surface area contributed by atoms with Crippen LogP contribution in [0.5, 0.6) is 5.75 Å². The van der Waals surface area contributed by atoms with Crippen LogP contribution in [-0.2, 0) is 6.18 Å². The van der Waals surface area contributed by atoms with E-state index in [0.29, 0.717) is 11.6 Å². The Balaban J connectivity index is 2.13. The van der Waals surface area contributed by atoms with Crippen molar-refractivity contribution in [3.05, 3.63) is 59.4 Å². The molecule has 4 nitrogen and oxygen atoms in total. The average Bonchev–Trinajstić information content (AvgIpc) is 2.54. The molecule has 9 heteroatoms. The Hall–Kier alpha value is -2.71. The molecular weight excluding hydrogens is 347 g/mol. The van der Waals surface area contributed by atoms with Gasteiger partial charge in [-0.1, -0.05) is 18.2 Å². The van der Waals surface area contributed by atoms with Gasteiger partial charge < -0.3 is 10.1 Å². The standard InChI is InChI=1S/C16H13F5N2O2/c1-9(11-4-2-3-5-12(11)25-15(17)18)23-14(24)10-6-7-13(22-8-10)16(19,20)21/h2-9,15H,1H3,(H,23,24)/t9-/m0/s1. The molecule has 1 heterocycles. The van der Waals surface area contributed by atoms with Crippen LogP contribution in [0.1, 0.15) is 34.6 Å². The Bertz CT molecular complexity index is 732. The molecule has 0 aliphatic heterocycles. The first-order valence-electron chi connectivity index (χ1n) is 7.06. The number of hydrogen-bond acceptors (Lipinski definition) is 3. The molecule has 134 valence electrons. The van der Waals surface area contributed by atoms with E-state index in [4.69, 9.17) is 0 Å². The molecule has 1 N–H and O–H groups in total. The van der Waals surface area contributed by atoms with Gasteiger partial charge in [-0.25, -0.2) is 0 Å². The highest BCUT2D eigenvalue weighted by Crippen LogP contribution is 2.28. The summed E-state index contributed by atoms with van der Waals surface area (Å²) in [6.07, 6.45) is -3.81. The maximum absolute atomic E-state index is 12.5. The second kappa shape index (κ2) is 7.45. The number of nitrogens with one attached hydrogen (secondary N) is 1. The largest absolute Gasteiger partial charge is 0.434 e. The van der Waals surface area contributed by atoms with Crippen molar-refractivity contribution in [3.63, 3.8) is 0 Å². The minimum Gasteiger partial charge on any atom is -0.434 e. The number of ether oxygens (including phenoxy) is 1. The van der Waals surface area contributed by atoms with Crippen LogP contribution in [0.3, 0.4) is 0 Å². The molecule has 0 bridgehead atoms. The van der Waals surface area contributed by atoms with E-state index in [0.717, 1.165) is 12.3 Å². The number of carbonyl (C=O) groups excluding carboxylic acids is 1. The fraction of sp³-hybridized carbons (Fsp3) is 0.250. The fourth-order valence-corrected chi connectivity index (χ4v) is 2.10. The highest BCUT2D eigenvalue weighted by molar-refractivity contribution is 5.94. The second-order valence-corrected chi connectivity index (χ2v) is 5.04. The number of alkyl halides is 5. The van der Waals surface area contributed by atoms with Crippen molar-refractivity contribution in [2.24, 2.45) is 0 Å². The van der Waals surface area contributed by atoms with Crippen molar-refractivity contribution >= 4 is 5.91 Å². The number of halogens is 5. The molecular formula is C16H13F5N2O2. The first-order chi connectivity index (χ1) is 11.7. The lowest BCUT2D eigenvalue weighted by Crippen LogP contribution is -2.27. The van der Waals surface area contributed by atoms with Crippen molar-refractivity contribution in [3.8, 4) is 5.75 Å². The van der Waals surface area contributed by atoms with Gasteiger partial charge >= 0.3 is 12.8 Å². The van der Waals surface area contributed by atoms with Gasteiger partial charge in [-0.15, -0.1) is 0 Å². The summed E-state index contributed by atoms with van der Waals surface area (Å²) in [6.45, 7) is -1.49. The quantitative estimate of drug-likeness (QED) is 0.814. The van der Waals surface area contributed by atoms with Gasteiger partial charge in [0.1, 0.15) is 11.4 Å². The van der Waals surface area contributed by atoms with E-state index in [1.54, 1.807) is 6.07 Å². The predicted molar refractivity (Wildman–Crippen MR) is 78.2 cm³/mol. The number of pyridine rings is 1. The number of amides is 1. The molecule has 1 aromatic heterocycles. The molecule has 0 aliphatic rings. The van der Waals surface area contributed by atoms with Crippen molar-refractivity contribution in [2.45, 2.75) is 25.8 Å². The maximum atomic E-state index is 12.5. The lowest BCUT2D eigenvalue weighted by Gasteiger charge is -2.18. The number of carbonyl (C=O) groups is 1. The Morgan fingerprint density at radius 1 is 1.16 bits per heavy atom. The summed E-state index contributed by atoms with van der Waals surface area (Å²) in [4.78, 5) is 15.3. The topological polar surface area (TPSA) is 51.2 Å². The van der Waals surface area contributed by atoms with Crippen molar-refractivity contribution in [1.82, 2.24) is 10.3 Å². The molecule has 0 saturated heterocycles. The van der Waals surface area contributed by atoms with Crippen LogP contribution in [0.15, 0.2) is 42.6 Å². The van der Waals surface area contributed by atoms with Crippen LogP contribution in [0.25, 0.3) is 0 Å². The highest BCUT2D eigenvalue weighted by Gasteiger charge is 2.32. The van der Waals surface area contributed by atoms with Gasteiger partial charge in [0, 0.05) is 11.8 Å². The van der Waals surface area contributed by atoms with Crippen molar-refractivity contribution < 1.29 is 31.5 Å². The molecule has 1 aromatic carbocycles. The summed E-state index contributed by atoms with van der Waals surface area (Å²) in [5.74, 6) is -0.795. The van der Waals surface area contributed by atoms with Gasteiger partial charge in [0.15, 0.2) is 0 Å². The monoisotopic (exact) mass is 360 g/mol. The van der Waals surface area contributed by atoms with Gasteiger partial charge in [0.2, 0.25) is 0 Å². The summed E-state index contributed by atoms with van der Waals surface area (Å²) < 4.78 is 66.6. The predicted octanol–water partition coefficient (Wildman–Crippen LogP) is 4.19. The Morgan fingerprint density at radius 2 is 1.84 bits per heavy atom. The molecule has 0 spiro atoms. The molecule has 0 radical (unpaired) electrons. The summed E-state index contributed by atoms with van der Waals surface area (Å²) in [5, 5.41) is 2.50. The Kier molecular flexibility index (Phi) is 5.55. The van der Waals surface area contributed by atoms with E-state index in [1.807, 2.05) is 0 Å². The fourth-order valence-electron chi connectivity index (χ4n) is 2.10. The molecule has 0 aliphatic carbocycles. The zero-order chi connectivity index (χ0) is 18.6. The summed E-state index contributed by atoms with van der Waals surface area (Å²) in [6, 6.07) is 6.85. The average molecular weight is 360 g/mol. The smallest absolute Gasteiger partial charge is 0.433 e. The highest BCUT2D eigenvalue weighted by atomic mass is 19.4. The molecule has 2 rings (SSSR count). The number of nitrogens with zero attached hydrogens (tertiary/aromatic N) is 1. The molecule has 0 fully saturated rings. The number of hydrogen-bond donors (Lipinski definition) is 1. The maximum Gasteiger partial charge on any atom is 0.433 e. The molecule has 1 atom stereocenters. The number of rotatable bonds is 5. The lowest BCUT2D eigenvalue weighted by atomic mass is 10.1. The minimum atomic E-state index is -4.60. The van der Waals surface area contributed by atoms with E-state index >= 15 is 0 Å². The minimum absolute atomic E-state index is 0.0906. The van der Waals surface area contributed by atoms with E-state index in [2.05, 4.69) is 15.0 Å². The zero-order valence-electron chi connectivity index (χ0n) is 12.8. The first-order valence-corrected chi connectivity index (χ1v) is 7.06. The molecule has 0 unspecified atom stereocenters. The normalized spacial score (nSPS) is 12.8. The van der Waals surface area contributed by atoms with Crippen LogP contribution in [-0.4, -0.2) is 17.5 Å². The van der Waals surface area contributed by atoms with Gasteiger partial charge in [-0.3, -0.25) is 9.78 Å². The van der Waals surface area contributed by atoms with Gasteiger partial charge in [-0.05, 0) is 25.1 Å². The zero-order valence-corrected chi connectivity index (χ0v) is 12.8. The second-order valence-electron chi connectivity index (χ2n) is 5.04. The van der Waals surface area contributed by atoms with Crippen LogP contribution < -0.4 is 10.1 Å². The van der Waals surface area contributed by atoms with Crippen LogP contribution in [0, 0.1) is 0 Å². The van der Waals surface area contributed by atoms with Gasteiger partial charge in [0.25, 0.3) is 5.91 Å². The molecule has 2 aromatic rings. The van der Waals surface area contributed by atoms with E-state index in [9.17, 15) is 26.7 Å². The molecule has 1 amide bonds. The number of benzene rings is 1. The van der Waals surface area contributed by atoms with Gasteiger partial charge in [0.05, 0.1) is 11.6 Å². The Labute approximate surface area is 139 Å². The number of para-hydroxylation sites is 1. The van der Waals surface area contributed by atoms with E-state index in [1.165, 1.54) is 25.1 Å². The SMILES string of the molecule is C[C@H](NC(=O)c1ccc(C(F)(F)F)nc1)c1ccccc1OC(F)F. The third kappa shape index (κ3) is 4.88. The van der Waals surface area contributed by atoms with E-state index in [-0.39, 0.29) is 11.3 Å². The van der Waals surface area contributed by atoms with Crippen LogP contribution in [0.2, 0.25) is 0 Å².